The number of hydrogen-bond donors (Lipinski definition) is 3. The number of rotatable bonds is 5. The number of benzene rings is 1. The molecule has 0 spiro atoms. The van der Waals surface area contributed by atoms with Crippen molar-refractivity contribution in [3.8, 4) is 0 Å². The van der Waals surface area contributed by atoms with Gasteiger partial charge >= 0.3 is 11.9 Å². The normalized spacial score (nSPS) is 10.2. The molecule has 2 rings (SSSR count). The van der Waals surface area contributed by atoms with Crippen LogP contribution in [0.4, 0.5) is 5.69 Å². The zero-order chi connectivity index (χ0) is 16.3. The van der Waals surface area contributed by atoms with Crippen LogP contribution in [0.3, 0.4) is 0 Å². The lowest BCUT2D eigenvalue weighted by atomic mass is 10.3. The fourth-order valence-corrected chi connectivity index (χ4v) is 2.08. The van der Waals surface area contributed by atoms with Gasteiger partial charge in [0, 0.05) is 10.2 Å². The molecule has 0 saturated heterocycles. The van der Waals surface area contributed by atoms with Gasteiger partial charge in [-0.05, 0) is 18.2 Å². The second-order valence-electron chi connectivity index (χ2n) is 4.11. The number of amides is 1. The van der Waals surface area contributed by atoms with Crippen LogP contribution < -0.4 is 5.32 Å². The molecule has 0 atom stereocenters. The number of halogens is 1. The Kier molecular flexibility index (Phi) is 4.51. The van der Waals surface area contributed by atoms with Gasteiger partial charge in [-0.3, -0.25) is 4.79 Å². The van der Waals surface area contributed by atoms with E-state index in [1.54, 1.807) is 24.3 Å². The van der Waals surface area contributed by atoms with E-state index < -0.39 is 35.8 Å². The Morgan fingerprint density at radius 1 is 1.23 bits per heavy atom. The van der Waals surface area contributed by atoms with Gasteiger partial charge in [-0.2, -0.15) is 0 Å². The van der Waals surface area contributed by atoms with Gasteiger partial charge in [0.15, 0.2) is 5.69 Å². The predicted octanol–water partition coefficient (Wildman–Crippen LogP) is 1.08. The zero-order valence-corrected chi connectivity index (χ0v) is 12.4. The number of nitrogens with one attached hydrogen (secondary N) is 1. The topological polar surface area (TPSA) is 134 Å². The molecular weight excluding hydrogens is 360 g/mol. The highest BCUT2D eigenvalue weighted by Gasteiger charge is 2.25. The third kappa shape index (κ3) is 3.47. The van der Waals surface area contributed by atoms with Crippen LogP contribution in [0, 0.1) is 0 Å². The van der Waals surface area contributed by atoms with Crippen LogP contribution >= 0.6 is 15.9 Å². The highest BCUT2D eigenvalue weighted by atomic mass is 79.9. The molecule has 10 heteroatoms. The zero-order valence-electron chi connectivity index (χ0n) is 10.9. The van der Waals surface area contributed by atoms with E-state index in [2.05, 4.69) is 31.6 Å². The second-order valence-corrected chi connectivity index (χ2v) is 5.03. The first-order valence-electron chi connectivity index (χ1n) is 5.84. The molecule has 2 aromatic rings. The van der Waals surface area contributed by atoms with Gasteiger partial charge in [0.1, 0.15) is 6.54 Å². The molecule has 1 aromatic carbocycles. The van der Waals surface area contributed by atoms with Gasteiger partial charge in [0.2, 0.25) is 11.6 Å². The van der Waals surface area contributed by atoms with Crippen molar-refractivity contribution in [3.05, 3.63) is 40.1 Å². The van der Waals surface area contributed by atoms with Crippen molar-refractivity contribution in [2.24, 2.45) is 0 Å². The van der Waals surface area contributed by atoms with E-state index in [0.717, 1.165) is 9.15 Å². The molecule has 0 unspecified atom stereocenters. The minimum Gasteiger partial charge on any atom is -0.476 e. The van der Waals surface area contributed by atoms with Crippen LogP contribution in [-0.4, -0.2) is 43.1 Å². The molecule has 1 amide bonds. The number of carbonyl (C=O) groups is 3. The third-order valence-electron chi connectivity index (χ3n) is 2.54. The molecule has 3 N–H and O–H groups in total. The van der Waals surface area contributed by atoms with E-state index in [0.29, 0.717) is 5.69 Å². The van der Waals surface area contributed by atoms with E-state index in [4.69, 9.17) is 10.2 Å². The summed E-state index contributed by atoms with van der Waals surface area (Å²) in [6.45, 7) is -0.478. The van der Waals surface area contributed by atoms with Crippen LogP contribution in [0.2, 0.25) is 0 Å². The number of nitrogens with zero attached hydrogens (tertiary/aromatic N) is 3. The molecule has 114 valence electrons. The predicted molar refractivity (Wildman–Crippen MR) is 76.7 cm³/mol. The van der Waals surface area contributed by atoms with Crippen LogP contribution in [0.25, 0.3) is 0 Å². The lowest BCUT2D eigenvalue weighted by Gasteiger charge is -2.06. The van der Waals surface area contributed by atoms with Crippen LogP contribution in [0.5, 0.6) is 0 Å². The molecule has 0 aliphatic heterocycles. The molecule has 0 aliphatic rings. The van der Waals surface area contributed by atoms with Crippen molar-refractivity contribution >= 4 is 39.5 Å². The fraction of sp³-hybridized carbons (Fsp3) is 0.0833. The summed E-state index contributed by atoms with van der Waals surface area (Å²) in [5.41, 5.74) is -0.880. The van der Waals surface area contributed by atoms with Crippen LogP contribution in [0.15, 0.2) is 28.7 Å². The lowest BCUT2D eigenvalue weighted by molar-refractivity contribution is -0.116. The van der Waals surface area contributed by atoms with E-state index >= 15 is 0 Å². The maximum absolute atomic E-state index is 11.9. The van der Waals surface area contributed by atoms with Crippen LogP contribution in [-0.2, 0) is 11.3 Å². The average molecular weight is 369 g/mol. The van der Waals surface area contributed by atoms with E-state index in [1.807, 2.05) is 0 Å². The molecule has 0 aliphatic carbocycles. The van der Waals surface area contributed by atoms with E-state index in [1.165, 1.54) is 0 Å². The quantitative estimate of drug-likeness (QED) is 0.718. The van der Waals surface area contributed by atoms with Crippen molar-refractivity contribution in [1.82, 2.24) is 15.0 Å². The molecular formula is C12H9BrN4O5. The Morgan fingerprint density at radius 2 is 1.95 bits per heavy atom. The Balaban J connectivity index is 2.18. The van der Waals surface area contributed by atoms with Crippen LogP contribution in [0.1, 0.15) is 21.0 Å². The molecule has 22 heavy (non-hydrogen) atoms. The minimum absolute atomic E-state index is 0.478. The molecule has 1 aromatic heterocycles. The average Bonchev–Trinajstić information content (AvgIpc) is 2.82. The third-order valence-corrected chi connectivity index (χ3v) is 3.04. The molecule has 9 nitrogen and oxygen atoms in total. The number of aromatic carboxylic acids is 2. The second kappa shape index (κ2) is 6.35. The van der Waals surface area contributed by atoms with Crippen molar-refractivity contribution in [1.29, 1.82) is 0 Å². The molecule has 0 bridgehead atoms. The molecule has 0 fully saturated rings. The largest absolute Gasteiger partial charge is 0.476 e. The lowest BCUT2D eigenvalue weighted by Crippen LogP contribution is -2.23. The number of carboxylic acids is 2. The highest BCUT2D eigenvalue weighted by Crippen LogP contribution is 2.15. The van der Waals surface area contributed by atoms with Gasteiger partial charge < -0.3 is 15.5 Å². The number of carbonyl (C=O) groups excluding carboxylic acids is 1. The maximum Gasteiger partial charge on any atom is 0.359 e. The molecule has 0 saturated carbocycles. The summed E-state index contributed by atoms with van der Waals surface area (Å²) in [6, 6.07) is 6.78. The number of hydrogen-bond acceptors (Lipinski definition) is 5. The highest BCUT2D eigenvalue weighted by molar-refractivity contribution is 9.10. The van der Waals surface area contributed by atoms with Gasteiger partial charge in [0.25, 0.3) is 0 Å². The smallest absolute Gasteiger partial charge is 0.359 e. The summed E-state index contributed by atoms with van der Waals surface area (Å²) < 4.78 is 1.48. The van der Waals surface area contributed by atoms with E-state index in [9.17, 15) is 14.4 Å². The molecule has 1 heterocycles. The molecule has 0 radical (unpaired) electrons. The summed E-state index contributed by atoms with van der Waals surface area (Å²) >= 11 is 3.25. The van der Waals surface area contributed by atoms with Crippen molar-refractivity contribution in [2.45, 2.75) is 6.54 Å². The minimum atomic E-state index is -1.53. The van der Waals surface area contributed by atoms with Crippen molar-refractivity contribution in [3.63, 3.8) is 0 Å². The Morgan fingerprint density at radius 3 is 2.55 bits per heavy atom. The summed E-state index contributed by atoms with van der Waals surface area (Å²) in [5.74, 6) is -3.63. The van der Waals surface area contributed by atoms with Gasteiger partial charge in [-0.15, -0.1) is 5.10 Å². The maximum atomic E-state index is 11.9. The first kappa shape index (κ1) is 15.6. The Bertz CT molecular complexity index is 758. The number of anilines is 1. The summed E-state index contributed by atoms with van der Waals surface area (Å²) in [7, 11) is 0. The fourth-order valence-electron chi connectivity index (χ4n) is 1.68. The van der Waals surface area contributed by atoms with Crippen molar-refractivity contribution < 1.29 is 24.6 Å². The van der Waals surface area contributed by atoms with Gasteiger partial charge in [-0.25, -0.2) is 14.3 Å². The summed E-state index contributed by atoms with van der Waals surface area (Å²) in [5, 5.41) is 27.1. The number of carboxylic acid groups (broad SMARTS) is 2. The van der Waals surface area contributed by atoms with Crippen molar-refractivity contribution in [2.75, 3.05) is 5.32 Å². The summed E-state index contributed by atoms with van der Waals surface area (Å²) in [4.78, 5) is 33.9. The standard InChI is InChI=1S/C12H9BrN4O5/c13-6-2-1-3-7(4-6)14-8(18)5-17-10(12(21)22)9(11(19)20)15-16-17/h1-4H,5H2,(H,14,18)(H,19,20)(H,21,22). The number of aromatic nitrogens is 3. The summed E-state index contributed by atoms with van der Waals surface area (Å²) in [6.07, 6.45) is 0. The van der Waals surface area contributed by atoms with E-state index in [-0.39, 0.29) is 0 Å². The SMILES string of the molecule is O=C(Cn1nnc(C(=O)O)c1C(=O)O)Nc1cccc(Br)c1. The Labute approximate surface area is 131 Å². The van der Waals surface area contributed by atoms with Gasteiger partial charge in [-0.1, -0.05) is 27.2 Å². The monoisotopic (exact) mass is 368 g/mol. The first-order chi connectivity index (χ1) is 10.4. The Hall–Kier alpha value is -2.75. The van der Waals surface area contributed by atoms with Gasteiger partial charge in [0.05, 0.1) is 0 Å². The first-order valence-corrected chi connectivity index (χ1v) is 6.63.